The van der Waals surface area contributed by atoms with E-state index < -0.39 is 0 Å². The summed E-state index contributed by atoms with van der Waals surface area (Å²) in [6.07, 6.45) is 3.18. The molecule has 1 aromatic carbocycles. The molecule has 0 aromatic heterocycles. The summed E-state index contributed by atoms with van der Waals surface area (Å²) in [5.74, 6) is 0. The van der Waals surface area contributed by atoms with Crippen LogP contribution in [0.15, 0.2) is 24.3 Å². The van der Waals surface area contributed by atoms with E-state index in [4.69, 9.17) is 5.26 Å². The highest BCUT2D eigenvalue weighted by atomic mass is 15.2. The van der Waals surface area contributed by atoms with Crippen LogP contribution >= 0.6 is 0 Å². The van der Waals surface area contributed by atoms with E-state index >= 15 is 0 Å². The Balaban J connectivity index is 1.74. The second-order valence-corrected chi connectivity index (χ2v) is 5.95. The van der Waals surface area contributed by atoms with E-state index in [1.54, 1.807) is 0 Å². The maximum absolute atomic E-state index is 9.16. The Hall–Kier alpha value is -1.57. The molecule has 2 aliphatic heterocycles. The van der Waals surface area contributed by atoms with Crippen molar-refractivity contribution in [1.82, 2.24) is 10.2 Å². The van der Waals surface area contributed by atoms with Crippen molar-refractivity contribution in [2.75, 3.05) is 44.2 Å². The molecule has 4 nitrogen and oxygen atoms in total. The fourth-order valence-corrected chi connectivity index (χ4v) is 3.42. The summed E-state index contributed by atoms with van der Waals surface area (Å²) in [4.78, 5) is 4.89. The third-order valence-electron chi connectivity index (χ3n) is 4.63. The van der Waals surface area contributed by atoms with Crippen LogP contribution in [0.4, 0.5) is 5.69 Å². The lowest BCUT2D eigenvalue weighted by Crippen LogP contribution is -2.45. The number of hydrogen-bond acceptors (Lipinski definition) is 4. The van der Waals surface area contributed by atoms with Gasteiger partial charge in [-0.15, -0.1) is 0 Å². The van der Waals surface area contributed by atoms with E-state index in [0.717, 1.165) is 26.2 Å². The van der Waals surface area contributed by atoms with Gasteiger partial charge in [0.25, 0.3) is 0 Å². The number of nitriles is 1. The zero-order valence-corrected chi connectivity index (χ0v) is 12.6. The van der Waals surface area contributed by atoms with Crippen molar-refractivity contribution >= 4 is 5.69 Å². The van der Waals surface area contributed by atoms with Crippen molar-refractivity contribution in [2.24, 2.45) is 0 Å². The molecule has 0 saturated carbocycles. The minimum absolute atomic E-state index is 0.240. The fraction of sp³-hybridized carbons (Fsp3) is 0.588. The molecule has 2 fully saturated rings. The van der Waals surface area contributed by atoms with Crippen molar-refractivity contribution < 1.29 is 0 Å². The first-order valence-electron chi connectivity index (χ1n) is 8.05. The van der Waals surface area contributed by atoms with Gasteiger partial charge in [0.1, 0.15) is 0 Å². The third kappa shape index (κ3) is 3.37. The first-order valence-corrected chi connectivity index (χ1v) is 8.05. The van der Waals surface area contributed by atoms with Crippen molar-refractivity contribution in [3.8, 4) is 6.07 Å². The Kier molecular flexibility index (Phi) is 4.74. The van der Waals surface area contributed by atoms with Gasteiger partial charge in [-0.1, -0.05) is 12.1 Å². The van der Waals surface area contributed by atoms with Gasteiger partial charge in [-0.2, -0.15) is 5.26 Å². The monoisotopic (exact) mass is 284 g/mol. The largest absolute Gasteiger partial charge is 0.372 e. The molecular weight excluding hydrogens is 260 g/mol. The lowest BCUT2D eigenvalue weighted by molar-refractivity contribution is 0.175. The molecule has 1 N–H and O–H groups in total. The molecule has 0 radical (unpaired) electrons. The molecular formula is C17H24N4. The molecule has 21 heavy (non-hydrogen) atoms. The molecule has 0 amide bonds. The highest BCUT2D eigenvalue weighted by Crippen LogP contribution is 2.27. The molecule has 2 heterocycles. The van der Waals surface area contributed by atoms with Crippen molar-refractivity contribution in [3.05, 3.63) is 29.8 Å². The standard InChI is InChI=1S/C17H24N4/c18-8-7-17(21-13-9-19-10-14-21)15-3-5-16(6-4-15)20-11-1-2-12-20/h3-6,17,19H,1-2,7,9-14H2/t17-/m0/s1. The lowest BCUT2D eigenvalue weighted by Gasteiger charge is -2.34. The molecule has 2 saturated heterocycles. The van der Waals surface area contributed by atoms with Crippen LogP contribution in [0.25, 0.3) is 0 Å². The zero-order valence-electron chi connectivity index (χ0n) is 12.6. The summed E-state index contributed by atoms with van der Waals surface area (Å²) in [6, 6.07) is 11.5. The van der Waals surface area contributed by atoms with Gasteiger partial charge in [-0.3, -0.25) is 4.90 Å². The zero-order chi connectivity index (χ0) is 14.5. The smallest absolute Gasteiger partial charge is 0.0641 e. The maximum Gasteiger partial charge on any atom is 0.0641 e. The molecule has 0 bridgehead atoms. The van der Waals surface area contributed by atoms with E-state index in [1.807, 2.05) is 0 Å². The Morgan fingerprint density at radius 2 is 1.71 bits per heavy atom. The van der Waals surface area contributed by atoms with Gasteiger partial charge in [0.05, 0.1) is 12.5 Å². The van der Waals surface area contributed by atoms with Gasteiger partial charge in [0.15, 0.2) is 0 Å². The van der Waals surface area contributed by atoms with Crippen LogP contribution in [0.5, 0.6) is 0 Å². The number of benzene rings is 1. The molecule has 0 aliphatic carbocycles. The molecule has 4 heteroatoms. The SMILES string of the molecule is N#CC[C@@H](c1ccc(N2CCCC2)cc1)N1CCNCC1. The van der Waals surface area contributed by atoms with Crippen molar-refractivity contribution in [1.29, 1.82) is 5.26 Å². The van der Waals surface area contributed by atoms with Gasteiger partial charge in [0.2, 0.25) is 0 Å². The van der Waals surface area contributed by atoms with Gasteiger partial charge < -0.3 is 10.2 Å². The van der Waals surface area contributed by atoms with Crippen LogP contribution in [-0.2, 0) is 0 Å². The lowest BCUT2D eigenvalue weighted by atomic mass is 10.0. The highest BCUT2D eigenvalue weighted by Gasteiger charge is 2.22. The normalized spacial score (nSPS) is 21.2. The topological polar surface area (TPSA) is 42.3 Å². The Bertz CT molecular complexity index is 479. The first kappa shape index (κ1) is 14.4. The van der Waals surface area contributed by atoms with E-state index in [2.05, 4.69) is 45.5 Å². The number of hydrogen-bond donors (Lipinski definition) is 1. The molecule has 1 atom stereocenters. The summed E-state index contributed by atoms with van der Waals surface area (Å²) in [6.45, 7) is 6.46. The molecule has 3 rings (SSSR count). The average molecular weight is 284 g/mol. The van der Waals surface area contributed by atoms with Gasteiger partial charge in [-0.25, -0.2) is 0 Å². The Morgan fingerprint density at radius 1 is 1.05 bits per heavy atom. The number of anilines is 1. The van der Waals surface area contributed by atoms with Crippen molar-refractivity contribution in [2.45, 2.75) is 25.3 Å². The third-order valence-corrected chi connectivity index (χ3v) is 4.63. The number of nitrogens with one attached hydrogen (secondary N) is 1. The van der Waals surface area contributed by atoms with Crippen LogP contribution in [0.3, 0.4) is 0 Å². The Morgan fingerprint density at radius 3 is 2.33 bits per heavy atom. The quantitative estimate of drug-likeness (QED) is 0.920. The van der Waals surface area contributed by atoms with Crippen LogP contribution in [-0.4, -0.2) is 44.2 Å². The minimum atomic E-state index is 0.240. The predicted molar refractivity (Wildman–Crippen MR) is 85.3 cm³/mol. The summed E-state index contributed by atoms with van der Waals surface area (Å²) in [5, 5.41) is 12.5. The number of piperazine rings is 1. The van der Waals surface area contributed by atoms with Gasteiger partial charge in [0, 0.05) is 51.0 Å². The summed E-state index contributed by atoms with van der Waals surface area (Å²) in [7, 11) is 0. The van der Waals surface area contributed by atoms with Crippen LogP contribution < -0.4 is 10.2 Å². The highest BCUT2D eigenvalue weighted by molar-refractivity contribution is 5.48. The minimum Gasteiger partial charge on any atom is -0.372 e. The average Bonchev–Trinajstić information content (AvgIpc) is 3.08. The number of nitrogens with zero attached hydrogens (tertiary/aromatic N) is 3. The molecule has 0 spiro atoms. The van der Waals surface area contributed by atoms with Crippen molar-refractivity contribution in [3.63, 3.8) is 0 Å². The summed E-state index contributed by atoms with van der Waals surface area (Å²) in [5.41, 5.74) is 2.61. The summed E-state index contributed by atoms with van der Waals surface area (Å²) < 4.78 is 0. The first-order chi connectivity index (χ1) is 10.4. The van der Waals surface area contributed by atoms with E-state index in [-0.39, 0.29) is 6.04 Å². The maximum atomic E-state index is 9.16. The Labute approximate surface area is 127 Å². The van der Waals surface area contributed by atoms with Gasteiger partial charge in [-0.05, 0) is 30.5 Å². The molecule has 1 aromatic rings. The fourth-order valence-electron chi connectivity index (χ4n) is 3.42. The second-order valence-electron chi connectivity index (χ2n) is 5.95. The molecule has 112 valence electrons. The van der Waals surface area contributed by atoms with E-state index in [1.165, 1.54) is 37.2 Å². The van der Waals surface area contributed by atoms with Crippen LogP contribution in [0, 0.1) is 11.3 Å². The predicted octanol–water partition coefficient (Wildman–Crippen LogP) is 2.15. The van der Waals surface area contributed by atoms with Crippen LogP contribution in [0.2, 0.25) is 0 Å². The van der Waals surface area contributed by atoms with Gasteiger partial charge >= 0.3 is 0 Å². The van der Waals surface area contributed by atoms with Crippen LogP contribution in [0.1, 0.15) is 30.9 Å². The summed E-state index contributed by atoms with van der Waals surface area (Å²) >= 11 is 0. The number of rotatable bonds is 4. The second kappa shape index (κ2) is 6.93. The molecule has 2 aliphatic rings. The van der Waals surface area contributed by atoms with E-state index in [0.29, 0.717) is 6.42 Å². The molecule has 0 unspecified atom stereocenters. The van der Waals surface area contributed by atoms with E-state index in [9.17, 15) is 0 Å².